The van der Waals surface area contributed by atoms with Gasteiger partial charge in [-0.15, -0.1) is 24.5 Å². The molecule has 0 unspecified atom stereocenters. The predicted molar refractivity (Wildman–Crippen MR) is 148 cm³/mol. The van der Waals surface area contributed by atoms with Crippen molar-refractivity contribution in [2.75, 3.05) is 39.5 Å². The Morgan fingerprint density at radius 3 is 1.16 bits per heavy atom. The van der Waals surface area contributed by atoms with E-state index in [1.807, 2.05) is 24.3 Å². The van der Waals surface area contributed by atoms with Crippen molar-refractivity contribution in [3.63, 3.8) is 0 Å². The third kappa shape index (κ3) is 23.0. The van der Waals surface area contributed by atoms with Crippen molar-refractivity contribution in [1.82, 2.24) is 0 Å². The first-order valence-corrected chi connectivity index (χ1v) is 13.3. The van der Waals surface area contributed by atoms with E-state index in [2.05, 4.69) is 62.6 Å². The Balaban J connectivity index is -0.000000433. The number of halogens is 2. The standard InChI is InChI=1S/2C11H16N.2C4H8O.2ClH.Hf/c2*1-3-4-9-12-11-8-6-5-7-10(11)2;2*1-2-4-5-3-1;;;/h2*5-8H,3-4,9H2,1-2H3;2*1-4H2;2*1H;/q2*-1;;;;;+4/p-2. The maximum absolute atomic E-state index is 4.94. The van der Waals surface area contributed by atoms with Gasteiger partial charge in [-0.05, 0) is 39.5 Å². The molecule has 2 heterocycles. The van der Waals surface area contributed by atoms with Crippen LogP contribution in [0, 0.1) is 13.8 Å². The summed E-state index contributed by atoms with van der Waals surface area (Å²) in [4.78, 5) is 0. The zero-order valence-corrected chi connectivity index (χ0v) is 28.6. The molecule has 2 aromatic carbocycles. The van der Waals surface area contributed by atoms with Gasteiger partial charge < -0.3 is 44.9 Å². The number of nitrogens with zero attached hydrogens (tertiary/aromatic N) is 2. The number of hydrogen-bond acceptors (Lipinski definition) is 2. The molecule has 2 aromatic rings. The van der Waals surface area contributed by atoms with Crippen LogP contribution in [0.5, 0.6) is 0 Å². The minimum absolute atomic E-state index is 0. The van der Waals surface area contributed by atoms with Gasteiger partial charge in [0.1, 0.15) is 0 Å². The number of unbranched alkanes of at least 4 members (excludes halogenated alkanes) is 2. The quantitative estimate of drug-likeness (QED) is 0.312. The van der Waals surface area contributed by atoms with Crippen LogP contribution in [0.3, 0.4) is 0 Å². The zero-order chi connectivity index (χ0) is 24.7. The van der Waals surface area contributed by atoms with E-state index in [1.165, 1.54) is 62.5 Å². The molecule has 208 valence electrons. The zero-order valence-electron chi connectivity index (χ0n) is 23.5. The van der Waals surface area contributed by atoms with Crippen molar-refractivity contribution in [2.45, 2.75) is 79.1 Å². The third-order valence-corrected chi connectivity index (χ3v) is 5.47. The number of ether oxygens (including phenoxy) is 2. The van der Waals surface area contributed by atoms with Crippen molar-refractivity contribution in [3.05, 3.63) is 70.3 Å². The summed E-state index contributed by atoms with van der Waals surface area (Å²) in [6, 6.07) is 16.5. The predicted octanol–water partition coefficient (Wildman–Crippen LogP) is 3.20. The molecule has 4 nitrogen and oxygen atoms in total. The van der Waals surface area contributed by atoms with E-state index in [1.54, 1.807) is 0 Å². The molecule has 0 atom stereocenters. The molecule has 0 radical (unpaired) electrons. The van der Waals surface area contributed by atoms with Crippen molar-refractivity contribution in [1.29, 1.82) is 0 Å². The largest absolute Gasteiger partial charge is 4.00 e. The molecule has 2 aliphatic rings. The van der Waals surface area contributed by atoms with Gasteiger partial charge in [-0.2, -0.15) is 0 Å². The summed E-state index contributed by atoms with van der Waals surface area (Å²) in [5.74, 6) is 0. The molecule has 4 rings (SSSR count). The number of hydrogen-bond donors (Lipinski definition) is 0. The van der Waals surface area contributed by atoms with Crippen LogP contribution in [0.2, 0.25) is 0 Å². The molecule has 7 heteroatoms. The molecule has 0 saturated carbocycles. The molecule has 0 spiro atoms. The van der Waals surface area contributed by atoms with Crippen LogP contribution in [-0.4, -0.2) is 39.5 Å². The topological polar surface area (TPSA) is 46.7 Å². The molecule has 0 bridgehead atoms. The number of aryl methyl sites for hydroxylation is 2. The van der Waals surface area contributed by atoms with Gasteiger partial charge in [0.2, 0.25) is 0 Å². The molecule has 0 aliphatic carbocycles. The van der Waals surface area contributed by atoms with Gasteiger partial charge in [-0.3, -0.25) is 0 Å². The molecule has 2 fully saturated rings. The molecular formula is C30H48Cl2HfN2O2. The van der Waals surface area contributed by atoms with E-state index in [9.17, 15) is 0 Å². The maximum atomic E-state index is 4.94. The summed E-state index contributed by atoms with van der Waals surface area (Å²) in [6.07, 6.45) is 9.92. The van der Waals surface area contributed by atoms with Gasteiger partial charge in [0.05, 0.1) is 0 Å². The molecular weight excluding hydrogens is 670 g/mol. The Hall–Kier alpha value is -0.590. The molecule has 0 aromatic heterocycles. The first-order valence-electron chi connectivity index (χ1n) is 13.3. The van der Waals surface area contributed by atoms with Crippen molar-refractivity contribution in [3.8, 4) is 0 Å². The number of benzene rings is 2. The van der Waals surface area contributed by atoms with E-state index in [4.69, 9.17) is 9.47 Å². The third-order valence-electron chi connectivity index (χ3n) is 5.47. The fourth-order valence-corrected chi connectivity index (χ4v) is 3.22. The Morgan fingerprint density at radius 1 is 0.595 bits per heavy atom. The summed E-state index contributed by atoms with van der Waals surface area (Å²) in [5.41, 5.74) is 4.83. The fraction of sp³-hybridized carbons (Fsp3) is 0.600. The monoisotopic (exact) mass is 718 g/mol. The summed E-state index contributed by atoms with van der Waals surface area (Å²) >= 11 is 0. The van der Waals surface area contributed by atoms with Gasteiger partial charge in [0, 0.05) is 26.4 Å². The minimum atomic E-state index is 0. The van der Waals surface area contributed by atoms with E-state index >= 15 is 0 Å². The Morgan fingerprint density at radius 2 is 0.919 bits per heavy atom. The van der Waals surface area contributed by atoms with Crippen molar-refractivity contribution < 1.29 is 60.1 Å². The number of para-hydroxylation sites is 2. The average Bonchev–Trinajstić information content (AvgIpc) is 3.62. The second-order valence-electron chi connectivity index (χ2n) is 8.68. The van der Waals surface area contributed by atoms with E-state index in [-0.39, 0.29) is 50.7 Å². The fourth-order valence-electron chi connectivity index (χ4n) is 3.22. The van der Waals surface area contributed by atoms with Crippen molar-refractivity contribution >= 4 is 11.4 Å². The van der Waals surface area contributed by atoms with E-state index in [0.29, 0.717) is 0 Å². The van der Waals surface area contributed by atoms with Crippen LogP contribution in [0.25, 0.3) is 10.6 Å². The maximum Gasteiger partial charge on any atom is 4.00 e. The van der Waals surface area contributed by atoms with Crippen LogP contribution in [0.4, 0.5) is 11.4 Å². The van der Waals surface area contributed by atoms with Crippen LogP contribution in [-0.2, 0) is 35.3 Å². The molecule has 0 amide bonds. The molecule has 0 N–H and O–H groups in total. The second kappa shape index (κ2) is 30.0. The average molecular weight is 718 g/mol. The normalized spacial score (nSPS) is 12.9. The van der Waals surface area contributed by atoms with E-state index < -0.39 is 0 Å². The Labute approximate surface area is 259 Å². The second-order valence-corrected chi connectivity index (χ2v) is 8.68. The van der Waals surface area contributed by atoms with E-state index in [0.717, 1.165) is 50.9 Å². The van der Waals surface area contributed by atoms with Crippen LogP contribution in [0.15, 0.2) is 48.5 Å². The first-order chi connectivity index (χ1) is 16.7. The Kier molecular flexibility index (Phi) is 33.1. The minimum Gasteiger partial charge on any atom is -1.00 e. The van der Waals surface area contributed by atoms with Crippen LogP contribution in [0.1, 0.15) is 76.3 Å². The Bertz CT molecular complexity index is 654. The summed E-state index contributed by atoms with van der Waals surface area (Å²) < 4.78 is 9.89. The first kappa shape index (κ1) is 40.9. The smallest absolute Gasteiger partial charge is 1.00 e. The summed E-state index contributed by atoms with van der Waals surface area (Å²) in [5, 5.41) is 8.99. The molecule has 37 heavy (non-hydrogen) atoms. The van der Waals surface area contributed by atoms with Crippen LogP contribution < -0.4 is 24.8 Å². The van der Waals surface area contributed by atoms with Gasteiger partial charge in [0.15, 0.2) is 0 Å². The molecule has 2 saturated heterocycles. The molecule has 2 aliphatic heterocycles. The van der Waals surface area contributed by atoms with Gasteiger partial charge >= 0.3 is 25.8 Å². The van der Waals surface area contributed by atoms with Gasteiger partial charge in [0.25, 0.3) is 0 Å². The van der Waals surface area contributed by atoms with Crippen molar-refractivity contribution in [2.24, 2.45) is 0 Å². The summed E-state index contributed by atoms with van der Waals surface area (Å²) in [6.45, 7) is 14.5. The summed E-state index contributed by atoms with van der Waals surface area (Å²) in [7, 11) is 0. The van der Waals surface area contributed by atoms with Crippen LogP contribution >= 0.6 is 0 Å². The van der Waals surface area contributed by atoms with Gasteiger partial charge in [-0.1, -0.05) is 99.2 Å². The van der Waals surface area contributed by atoms with Gasteiger partial charge in [-0.25, -0.2) is 0 Å². The SMILES string of the molecule is C1CCOC1.C1CCOC1.CCCC[N-]c1ccccc1C.CCCC[N-]c1ccccc1C.[Cl-].[Cl-].[Hf+4]. The number of rotatable bonds is 8.